The van der Waals surface area contributed by atoms with Gasteiger partial charge >= 0.3 is 0 Å². The summed E-state index contributed by atoms with van der Waals surface area (Å²) in [4.78, 5) is 0. The highest BCUT2D eigenvalue weighted by atomic mass is 31.1. The lowest BCUT2D eigenvalue weighted by atomic mass is 10.1. The highest BCUT2D eigenvalue weighted by molar-refractivity contribution is 7.72. The summed E-state index contributed by atoms with van der Waals surface area (Å²) in [6.45, 7) is 2.37. The molecule has 0 amide bonds. The quantitative estimate of drug-likeness (QED) is 0.423. The fourth-order valence-corrected chi connectivity index (χ4v) is 6.25. The van der Waals surface area contributed by atoms with E-state index in [4.69, 9.17) is 0 Å². The molecule has 0 aliphatic heterocycles. The smallest absolute Gasteiger partial charge is 0.00973 e. The van der Waals surface area contributed by atoms with Gasteiger partial charge in [-0.25, -0.2) is 0 Å². The third-order valence-corrected chi connectivity index (χ3v) is 8.19. The van der Waals surface area contributed by atoms with Gasteiger partial charge in [0, 0.05) is 0 Å². The van der Waals surface area contributed by atoms with Crippen LogP contribution in [0.5, 0.6) is 0 Å². The molecule has 2 heteroatoms. The van der Waals surface area contributed by atoms with Crippen LogP contribution in [0.1, 0.15) is 0 Å². The Morgan fingerprint density at radius 3 is 1.85 bits per heavy atom. The average molecular weight is 384 g/mol. The van der Waals surface area contributed by atoms with Crippen LogP contribution < -0.4 is 21.2 Å². The van der Waals surface area contributed by atoms with Gasteiger partial charge in [-0.2, -0.15) is 0 Å². The Hall–Kier alpha value is -2.26. The van der Waals surface area contributed by atoms with Gasteiger partial charge in [0.2, 0.25) is 0 Å². The van der Waals surface area contributed by atoms with E-state index in [1.54, 1.807) is 0 Å². The minimum absolute atomic E-state index is 0.384. The lowest BCUT2D eigenvalue weighted by Gasteiger charge is -2.19. The molecule has 0 aliphatic carbocycles. The maximum atomic E-state index is 2.37. The normalized spacial score (nSPS) is 12.3. The minimum atomic E-state index is -0.384. The number of hydrogen-bond donors (Lipinski definition) is 0. The predicted molar refractivity (Wildman–Crippen MR) is 124 cm³/mol. The van der Waals surface area contributed by atoms with Crippen molar-refractivity contribution in [3.63, 3.8) is 0 Å². The van der Waals surface area contributed by atoms with Gasteiger partial charge in [-0.3, -0.25) is 0 Å². The first-order valence-corrected chi connectivity index (χ1v) is 11.9. The maximum absolute atomic E-state index is 2.37. The Bertz CT molecular complexity index is 1010. The molecule has 0 aromatic heterocycles. The van der Waals surface area contributed by atoms with Gasteiger partial charge in [-0.1, -0.05) is 118 Å². The largest absolute Gasteiger partial charge is 0.0622 e. The molecule has 4 aromatic rings. The topological polar surface area (TPSA) is 0 Å². The molecule has 0 N–H and O–H groups in total. The van der Waals surface area contributed by atoms with E-state index >= 15 is 0 Å². The van der Waals surface area contributed by atoms with Crippen LogP contribution in [0.15, 0.2) is 109 Å². The first kappa shape index (κ1) is 18.1. The van der Waals surface area contributed by atoms with Crippen molar-refractivity contribution in [1.82, 2.24) is 0 Å². The summed E-state index contributed by atoms with van der Waals surface area (Å²) in [7, 11) is 0.281. The van der Waals surface area contributed by atoms with Gasteiger partial charge in [0.15, 0.2) is 0 Å². The van der Waals surface area contributed by atoms with E-state index in [1.807, 2.05) is 0 Å². The predicted octanol–water partition coefficient (Wildman–Crippen LogP) is 5.05. The molecular weight excluding hydrogens is 362 g/mol. The summed E-state index contributed by atoms with van der Waals surface area (Å²) < 4.78 is 0. The second-order valence-electron chi connectivity index (χ2n) is 6.45. The zero-order chi connectivity index (χ0) is 18.5. The van der Waals surface area contributed by atoms with Gasteiger partial charge < -0.3 is 0 Å². The lowest BCUT2D eigenvalue weighted by molar-refractivity contribution is 1.68. The molecule has 0 bridgehead atoms. The molecule has 27 heavy (non-hydrogen) atoms. The van der Waals surface area contributed by atoms with Gasteiger partial charge in [0.25, 0.3) is 0 Å². The van der Waals surface area contributed by atoms with Crippen molar-refractivity contribution < 1.29 is 0 Å². The molecule has 0 heterocycles. The first-order valence-electron chi connectivity index (χ1n) is 9.12. The van der Waals surface area contributed by atoms with Crippen LogP contribution in [0.4, 0.5) is 0 Å². The van der Waals surface area contributed by atoms with Crippen LogP contribution in [0.2, 0.25) is 0 Å². The Kier molecular flexibility index (Phi) is 5.78. The number of benzene rings is 4. The van der Waals surface area contributed by atoms with Gasteiger partial charge in [0.1, 0.15) is 0 Å². The standard InChI is InChI=1S/C25H22P2/c1-27(21-14-6-3-7-15-21)25-19-11-9-17-23(25)22-16-8-10-18-24(22)26-20-12-4-2-5-13-20/h2-19,26H,1H3. The summed E-state index contributed by atoms with van der Waals surface area (Å²) in [5.74, 6) is 0. The third kappa shape index (κ3) is 4.19. The van der Waals surface area contributed by atoms with Crippen molar-refractivity contribution >= 4 is 37.7 Å². The van der Waals surface area contributed by atoms with E-state index in [2.05, 4.69) is 116 Å². The van der Waals surface area contributed by atoms with Crippen LogP contribution in [0.25, 0.3) is 11.1 Å². The number of rotatable bonds is 5. The summed E-state index contributed by atoms with van der Waals surface area (Å²) in [5, 5.41) is 5.66. The van der Waals surface area contributed by atoms with Crippen LogP contribution in [0, 0.1) is 0 Å². The third-order valence-electron chi connectivity index (χ3n) is 4.68. The molecule has 0 radical (unpaired) electrons. The Morgan fingerprint density at radius 1 is 0.556 bits per heavy atom. The summed E-state index contributed by atoms with van der Waals surface area (Å²) in [6, 6.07) is 39.4. The van der Waals surface area contributed by atoms with Crippen molar-refractivity contribution in [1.29, 1.82) is 0 Å². The van der Waals surface area contributed by atoms with Crippen LogP contribution in [-0.2, 0) is 0 Å². The molecule has 0 fully saturated rings. The molecule has 4 rings (SSSR count). The van der Waals surface area contributed by atoms with Crippen LogP contribution in [0.3, 0.4) is 0 Å². The van der Waals surface area contributed by atoms with Gasteiger partial charge in [0.05, 0.1) is 0 Å². The Morgan fingerprint density at radius 2 is 1.11 bits per heavy atom. The number of hydrogen-bond acceptors (Lipinski definition) is 0. The van der Waals surface area contributed by atoms with Crippen LogP contribution >= 0.6 is 16.5 Å². The van der Waals surface area contributed by atoms with E-state index in [-0.39, 0.29) is 7.92 Å². The second kappa shape index (κ2) is 8.62. The lowest BCUT2D eigenvalue weighted by Crippen LogP contribution is -2.15. The van der Waals surface area contributed by atoms with Gasteiger partial charge in [-0.15, -0.1) is 0 Å². The molecule has 0 aliphatic rings. The molecule has 2 atom stereocenters. The van der Waals surface area contributed by atoms with E-state index in [0.717, 1.165) is 0 Å². The van der Waals surface area contributed by atoms with E-state index < -0.39 is 0 Å². The molecule has 0 spiro atoms. The van der Waals surface area contributed by atoms with Crippen molar-refractivity contribution in [2.24, 2.45) is 0 Å². The van der Waals surface area contributed by atoms with Crippen molar-refractivity contribution in [2.45, 2.75) is 0 Å². The zero-order valence-electron chi connectivity index (χ0n) is 15.3. The van der Waals surface area contributed by atoms with Crippen molar-refractivity contribution in [3.05, 3.63) is 109 Å². The molecule has 132 valence electrons. The van der Waals surface area contributed by atoms with Crippen molar-refractivity contribution in [3.8, 4) is 11.1 Å². The average Bonchev–Trinajstić information content (AvgIpc) is 2.75. The molecule has 0 nitrogen and oxygen atoms in total. The summed E-state index contributed by atoms with van der Waals surface area (Å²) in [6.07, 6.45) is 0. The van der Waals surface area contributed by atoms with E-state index in [9.17, 15) is 0 Å². The van der Waals surface area contributed by atoms with E-state index in [0.29, 0.717) is 8.58 Å². The molecular formula is C25H22P2. The highest BCUT2D eigenvalue weighted by Gasteiger charge is 2.15. The summed E-state index contributed by atoms with van der Waals surface area (Å²) >= 11 is 0. The van der Waals surface area contributed by atoms with Gasteiger partial charge in [-0.05, 0) is 46.9 Å². The molecule has 2 unspecified atom stereocenters. The van der Waals surface area contributed by atoms with Crippen LogP contribution in [-0.4, -0.2) is 6.66 Å². The SMILES string of the molecule is CP(c1ccccc1)c1ccccc1-c1ccccc1Pc1ccccc1. The first-order chi connectivity index (χ1) is 13.3. The van der Waals surface area contributed by atoms with E-state index in [1.165, 1.54) is 32.3 Å². The van der Waals surface area contributed by atoms with Crippen molar-refractivity contribution in [2.75, 3.05) is 6.66 Å². The fourth-order valence-electron chi connectivity index (χ4n) is 3.29. The highest BCUT2D eigenvalue weighted by Crippen LogP contribution is 2.34. The minimum Gasteiger partial charge on any atom is -0.0622 e. The Balaban J connectivity index is 1.77. The molecule has 0 saturated heterocycles. The fraction of sp³-hybridized carbons (Fsp3) is 0.0400. The Labute approximate surface area is 164 Å². The second-order valence-corrected chi connectivity index (χ2v) is 9.93. The molecule has 4 aromatic carbocycles. The maximum Gasteiger partial charge on any atom is -0.00973 e. The molecule has 0 saturated carbocycles. The summed E-state index contributed by atoms with van der Waals surface area (Å²) in [5.41, 5.74) is 2.73. The zero-order valence-corrected chi connectivity index (χ0v) is 17.2. The monoisotopic (exact) mass is 384 g/mol.